The highest BCUT2D eigenvalue weighted by Gasteiger charge is 2.23. The van der Waals surface area contributed by atoms with E-state index in [9.17, 15) is 4.79 Å². The Bertz CT molecular complexity index is 570. The lowest BCUT2D eigenvalue weighted by Gasteiger charge is -2.24. The third-order valence-corrected chi connectivity index (χ3v) is 3.25. The molecule has 0 saturated heterocycles. The summed E-state index contributed by atoms with van der Waals surface area (Å²) in [5, 5.41) is 0.864. The zero-order chi connectivity index (χ0) is 11.8. The minimum atomic E-state index is -0.245. The van der Waals surface area contributed by atoms with Crippen LogP contribution in [0.5, 0.6) is 0 Å². The van der Waals surface area contributed by atoms with Gasteiger partial charge in [0.05, 0.1) is 5.56 Å². The van der Waals surface area contributed by atoms with Crippen LogP contribution in [-0.4, -0.2) is 17.1 Å². The Hall–Kier alpha value is -1.97. The minimum absolute atomic E-state index is 0.112. The first-order valence-electron chi connectivity index (χ1n) is 5.81. The molecule has 17 heavy (non-hydrogen) atoms. The summed E-state index contributed by atoms with van der Waals surface area (Å²) < 4.78 is 5.38. The highest BCUT2D eigenvalue weighted by molar-refractivity contribution is 6.04. The molecular formula is C13H14N2O2. The second-order valence-electron chi connectivity index (χ2n) is 4.47. The van der Waals surface area contributed by atoms with E-state index in [1.165, 1.54) is 0 Å². The van der Waals surface area contributed by atoms with Crippen molar-refractivity contribution >= 4 is 22.6 Å². The molecule has 0 aliphatic heterocycles. The van der Waals surface area contributed by atoms with Crippen LogP contribution in [0.2, 0.25) is 0 Å². The van der Waals surface area contributed by atoms with Gasteiger partial charge in [0.25, 0.3) is 0 Å². The molecule has 0 atom stereocenters. The number of carbonyl (C=O) groups excluding carboxylic acids is 1. The van der Waals surface area contributed by atoms with Crippen molar-refractivity contribution in [1.82, 2.24) is 4.98 Å². The summed E-state index contributed by atoms with van der Waals surface area (Å²) in [4.78, 5) is 15.0. The molecule has 1 aromatic carbocycles. The lowest BCUT2D eigenvalue weighted by molar-refractivity contribution is 0.00923. The maximum absolute atomic E-state index is 11.9. The van der Waals surface area contributed by atoms with Gasteiger partial charge in [-0.3, -0.25) is 0 Å². The fourth-order valence-corrected chi connectivity index (χ4v) is 2.02. The van der Waals surface area contributed by atoms with Crippen molar-refractivity contribution in [3.8, 4) is 0 Å². The maximum Gasteiger partial charge on any atom is 0.340 e. The normalized spacial score (nSPS) is 15.8. The lowest BCUT2D eigenvalue weighted by Crippen LogP contribution is -2.24. The molecule has 0 radical (unpaired) electrons. The number of anilines is 1. The highest BCUT2D eigenvalue weighted by atomic mass is 16.5. The third-order valence-electron chi connectivity index (χ3n) is 3.25. The predicted octanol–water partition coefficient (Wildman–Crippen LogP) is 2.46. The van der Waals surface area contributed by atoms with Crippen LogP contribution in [0, 0.1) is 0 Å². The van der Waals surface area contributed by atoms with Crippen LogP contribution in [-0.2, 0) is 4.74 Å². The second-order valence-corrected chi connectivity index (χ2v) is 4.47. The van der Waals surface area contributed by atoms with Gasteiger partial charge < -0.3 is 15.5 Å². The van der Waals surface area contributed by atoms with Crippen molar-refractivity contribution in [2.24, 2.45) is 0 Å². The number of hydrogen-bond donors (Lipinski definition) is 2. The predicted molar refractivity (Wildman–Crippen MR) is 65.8 cm³/mol. The molecule has 1 aliphatic carbocycles. The molecule has 1 saturated carbocycles. The number of H-pyrrole nitrogens is 1. The van der Waals surface area contributed by atoms with Crippen LogP contribution >= 0.6 is 0 Å². The van der Waals surface area contributed by atoms with E-state index in [1.54, 1.807) is 12.3 Å². The maximum atomic E-state index is 11.9. The van der Waals surface area contributed by atoms with Gasteiger partial charge in [0.2, 0.25) is 0 Å². The summed E-state index contributed by atoms with van der Waals surface area (Å²) in [5.74, 6) is -0.245. The highest BCUT2D eigenvalue weighted by Crippen LogP contribution is 2.26. The standard InChI is InChI=1S/C13H14N2O2/c14-8-4-5-10-11(7-15-12(10)6-8)13(16)17-9-2-1-3-9/h4-7,9,15H,1-3,14H2. The molecule has 0 unspecified atom stereocenters. The van der Waals surface area contributed by atoms with E-state index in [1.807, 2.05) is 12.1 Å². The molecule has 0 bridgehead atoms. The van der Waals surface area contributed by atoms with Crippen LogP contribution in [0.25, 0.3) is 10.9 Å². The Kier molecular flexibility index (Phi) is 2.28. The van der Waals surface area contributed by atoms with Gasteiger partial charge in [0.1, 0.15) is 6.10 Å². The number of hydrogen-bond acceptors (Lipinski definition) is 3. The quantitative estimate of drug-likeness (QED) is 0.615. The zero-order valence-electron chi connectivity index (χ0n) is 9.40. The second kappa shape index (κ2) is 3.80. The summed E-state index contributed by atoms with van der Waals surface area (Å²) in [6.07, 6.45) is 4.93. The molecule has 88 valence electrons. The smallest absolute Gasteiger partial charge is 0.340 e. The van der Waals surface area contributed by atoms with Gasteiger partial charge in [-0.2, -0.15) is 0 Å². The van der Waals surface area contributed by atoms with Gasteiger partial charge in [-0.05, 0) is 37.5 Å². The van der Waals surface area contributed by atoms with Gasteiger partial charge in [-0.1, -0.05) is 0 Å². The average Bonchev–Trinajstić information content (AvgIpc) is 2.66. The van der Waals surface area contributed by atoms with E-state index in [2.05, 4.69) is 4.98 Å². The number of benzene rings is 1. The minimum Gasteiger partial charge on any atom is -0.459 e. The van der Waals surface area contributed by atoms with Crippen molar-refractivity contribution in [2.45, 2.75) is 25.4 Å². The Morgan fingerprint density at radius 2 is 2.24 bits per heavy atom. The Morgan fingerprint density at radius 1 is 1.41 bits per heavy atom. The number of aromatic nitrogens is 1. The molecule has 4 nitrogen and oxygen atoms in total. The van der Waals surface area contributed by atoms with E-state index < -0.39 is 0 Å². The molecule has 0 spiro atoms. The summed E-state index contributed by atoms with van der Waals surface area (Å²) in [5.41, 5.74) is 7.82. The molecule has 4 heteroatoms. The number of fused-ring (bicyclic) bond motifs is 1. The zero-order valence-corrected chi connectivity index (χ0v) is 9.40. The number of nitrogen functional groups attached to an aromatic ring is 1. The number of esters is 1. The first-order valence-corrected chi connectivity index (χ1v) is 5.81. The van der Waals surface area contributed by atoms with Crippen molar-refractivity contribution in [1.29, 1.82) is 0 Å². The van der Waals surface area contributed by atoms with E-state index >= 15 is 0 Å². The summed E-state index contributed by atoms with van der Waals surface area (Å²) in [6, 6.07) is 5.45. The van der Waals surface area contributed by atoms with Crippen LogP contribution in [0.1, 0.15) is 29.6 Å². The van der Waals surface area contributed by atoms with Gasteiger partial charge in [-0.15, -0.1) is 0 Å². The Labute approximate surface area is 98.8 Å². The number of aromatic amines is 1. The van der Waals surface area contributed by atoms with Crippen molar-refractivity contribution in [3.63, 3.8) is 0 Å². The SMILES string of the molecule is Nc1ccc2c(C(=O)OC3CCC3)c[nH]c2c1. The number of rotatable bonds is 2. The molecular weight excluding hydrogens is 216 g/mol. The molecule has 1 aliphatic rings. The number of nitrogens with one attached hydrogen (secondary N) is 1. The molecule has 1 fully saturated rings. The number of carbonyl (C=O) groups is 1. The molecule has 1 heterocycles. The summed E-state index contributed by atoms with van der Waals surface area (Å²) in [6.45, 7) is 0. The van der Waals surface area contributed by atoms with Crippen molar-refractivity contribution in [2.75, 3.05) is 5.73 Å². The van der Waals surface area contributed by atoms with Gasteiger partial charge in [0.15, 0.2) is 0 Å². The monoisotopic (exact) mass is 230 g/mol. The average molecular weight is 230 g/mol. The molecule has 3 N–H and O–H groups in total. The molecule has 2 aromatic rings. The molecule has 1 aromatic heterocycles. The Balaban J connectivity index is 1.91. The van der Waals surface area contributed by atoms with Crippen LogP contribution < -0.4 is 5.73 Å². The van der Waals surface area contributed by atoms with Gasteiger partial charge in [-0.25, -0.2) is 4.79 Å². The first-order chi connectivity index (χ1) is 8.24. The molecule has 0 amide bonds. The van der Waals surface area contributed by atoms with Crippen molar-refractivity contribution < 1.29 is 9.53 Å². The lowest BCUT2D eigenvalue weighted by atomic mass is 9.96. The van der Waals surface area contributed by atoms with E-state index in [4.69, 9.17) is 10.5 Å². The van der Waals surface area contributed by atoms with E-state index in [0.29, 0.717) is 11.3 Å². The van der Waals surface area contributed by atoms with E-state index in [0.717, 1.165) is 30.2 Å². The fourth-order valence-electron chi connectivity index (χ4n) is 2.02. The third kappa shape index (κ3) is 1.75. The van der Waals surface area contributed by atoms with Crippen LogP contribution in [0.3, 0.4) is 0 Å². The summed E-state index contributed by atoms with van der Waals surface area (Å²) >= 11 is 0. The van der Waals surface area contributed by atoms with Crippen LogP contribution in [0.4, 0.5) is 5.69 Å². The first kappa shape index (κ1) is 10.2. The van der Waals surface area contributed by atoms with E-state index in [-0.39, 0.29) is 12.1 Å². The number of nitrogens with two attached hydrogens (primary N) is 1. The number of ether oxygens (including phenoxy) is 1. The Morgan fingerprint density at radius 3 is 2.94 bits per heavy atom. The van der Waals surface area contributed by atoms with Crippen LogP contribution in [0.15, 0.2) is 24.4 Å². The van der Waals surface area contributed by atoms with Crippen molar-refractivity contribution in [3.05, 3.63) is 30.0 Å². The topological polar surface area (TPSA) is 68.1 Å². The van der Waals surface area contributed by atoms with Gasteiger partial charge in [0, 0.05) is 22.8 Å². The van der Waals surface area contributed by atoms with Gasteiger partial charge >= 0.3 is 5.97 Å². The largest absolute Gasteiger partial charge is 0.459 e. The summed E-state index contributed by atoms with van der Waals surface area (Å²) in [7, 11) is 0. The molecule has 3 rings (SSSR count). The fraction of sp³-hybridized carbons (Fsp3) is 0.308.